The fourth-order valence-electron chi connectivity index (χ4n) is 1.61. The highest BCUT2D eigenvalue weighted by Crippen LogP contribution is 2.23. The van der Waals surface area contributed by atoms with E-state index < -0.39 is 0 Å². The largest absolute Gasteiger partial charge is 0.372 e. The van der Waals surface area contributed by atoms with Crippen LogP contribution in [0.2, 0.25) is 0 Å². The fraction of sp³-hybridized carbons (Fsp3) is 0.538. The molecule has 15 heavy (non-hydrogen) atoms. The summed E-state index contributed by atoms with van der Waals surface area (Å²) in [6, 6.07) is 10.8. The van der Waals surface area contributed by atoms with Crippen LogP contribution in [0, 0.1) is 0 Å². The third-order valence-corrected chi connectivity index (χ3v) is 2.73. The van der Waals surface area contributed by atoms with Crippen LogP contribution in [-0.4, -0.2) is 31.6 Å². The van der Waals surface area contributed by atoms with Gasteiger partial charge in [-0.25, -0.2) is 0 Å². The summed E-state index contributed by atoms with van der Waals surface area (Å²) >= 11 is 0. The molecule has 2 nitrogen and oxygen atoms in total. The molecular weight excluding hydrogens is 186 g/mol. The first-order valence-corrected chi connectivity index (χ1v) is 5.49. The predicted molar refractivity (Wildman–Crippen MR) is 64.0 cm³/mol. The zero-order chi connectivity index (χ0) is 11.3. The van der Waals surface area contributed by atoms with Crippen molar-refractivity contribution in [2.75, 3.05) is 20.7 Å². The van der Waals surface area contributed by atoms with Crippen molar-refractivity contribution in [1.29, 1.82) is 0 Å². The third kappa shape index (κ3) is 3.33. The maximum Gasteiger partial charge on any atom is 0.0976 e. The quantitative estimate of drug-likeness (QED) is 0.736. The van der Waals surface area contributed by atoms with Crippen molar-refractivity contribution in [3.05, 3.63) is 35.9 Å². The lowest BCUT2D eigenvalue weighted by Gasteiger charge is -2.29. The second-order valence-corrected chi connectivity index (χ2v) is 3.99. The van der Waals surface area contributed by atoms with Gasteiger partial charge in [-0.3, -0.25) is 0 Å². The molecule has 2 atom stereocenters. The number of likely N-dealkylation sites (N-methyl/N-ethyl adjacent to an activating group) is 1. The zero-order valence-corrected chi connectivity index (χ0v) is 10.1. The lowest BCUT2D eigenvalue weighted by Crippen LogP contribution is -2.32. The number of benzene rings is 1. The van der Waals surface area contributed by atoms with Gasteiger partial charge in [0, 0.05) is 12.6 Å². The van der Waals surface area contributed by atoms with E-state index in [0.717, 1.165) is 6.61 Å². The lowest BCUT2D eigenvalue weighted by molar-refractivity contribution is 0.00981. The molecule has 0 aliphatic heterocycles. The summed E-state index contributed by atoms with van der Waals surface area (Å²) in [6.45, 7) is 4.98. The van der Waals surface area contributed by atoms with Crippen molar-refractivity contribution in [3.8, 4) is 0 Å². The van der Waals surface area contributed by atoms with Gasteiger partial charge in [0.1, 0.15) is 0 Å². The van der Waals surface area contributed by atoms with Crippen molar-refractivity contribution >= 4 is 0 Å². The zero-order valence-electron chi connectivity index (χ0n) is 10.1. The molecule has 0 N–H and O–H groups in total. The van der Waals surface area contributed by atoms with Gasteiger partial charge in [0.15, 0.2) is 0 Å². The molecular formula is C13H21NO. The molecule has 0 amide bonds. The number of rotatable bonds is 5. The molecule has 2 unspecified atom stereocenters. The average Bonchev–Trinajstić information content (AvgIpc) is 2.26. The molecule has 0 aliphatic carbocycles. The van der Waals surface area contributed by atoms with Crippen molar-refractivity contribution in [1.82, 2.24) is 4.90 Å². The molecule has 1 aromatic carbocycles. The highest BCUT2D eigenvalue weighted by atomic mass is 16.5. The van der Waals surface area contributed by atoms with Gasteiger partial charge in [0.05, 0.1) is 6.10 Å². The maximum absolute atomic E-state index is 5.81. The van der Waals surface area contributed by atoms with Gasteiger partial charge in [0.25, 0.3) is 0 Å². The number of hydrogen-bond donors (Lipinski definition) is 0. The van der Waals surface area contributed by atoms with E-state index in [1.54, 1.807) is 0 Å². The minimum atomic E-state index is 0.159. The molecule has 0 radical (unpaired) electrons. The summed E-state index contributed by atoms with van der Waals surface area (Å²) in [5.74, 6) is 0. The van der Waals surface area contributed by atoms with Gasteiger partial charge in [-0.05, 0) is 33.5 Å². The van der Waals surface area contributed by atoms with Crippen molar-refractivity contribution < 1.29 is 4.74 Å². The van der Waals surface area contributed by atoms with Crippen LogP contribution in [0.4, 0.5) is 0 Å². The first-order valence-electron chi connectivity index (χ1n) is 5.49. The van der Waals surface area contributed by atoms with E-state index in [9.17, 15) is 0 Å². The maximum atomic E-state index is 5.81. The molecule has 0 fully saturated rings. The minimum absolute atomic E-state index is 0.159. The van der Waals surface area contributed by atoms with E-state index >= 15 is 0 Å². The van der Waals surface area contributed by atoms with Crippen LogP contribution in [0.3, 0.4) is 0 Å². The molecule has 1 rings (SSSR count). The molecule has 84 valence electrons. The smallest absolute Gasteiger partial charge is 0.0976 e. The standard InChI is InChI=1S/C13H21NO/c1-5-15-13(11(2)14(3)4)12-9-7-6-8-10-12/h6-11,13H,5H2,1-4H3. The van der Waals surface area contributed by atoms with Crippen LogP contribution in [-0.2, 0) is 4.74 Å². The molecule has 0 heterocycles. The Morgan fingerprint density at radius 1 is 1.20 bits per heavy atom. The van der Waals surface area contributed by atoms with Crippen LogP contribution in [0.1, 0.15) is 25.5 Å². The van der Waals surface area contributed by atoms with Gasteiger partial charge in [-0.2, -0.15) is 0 Å². The van der Waals surface area contributed by atoms with Crippen LogP contribution >= 0.6 is 0 Å². The van der Waals surface area contributed by atoms with Gasteiger partial charge < -0.3 is 9.64 Å². The summed E-state index contributed by atoms with van der Waals surface area (Å²) in [5, 5.41) is 0. The van der Waals surface area contributed by atoms with E-state index in [4.69, 9.17) is 4.74 Å². The van der Waals surface area contributed by atoms with Crippen molar-refractivity contribution in [2.45, 2.75) is 26.0 Å². The van der Waals surface area contributed by atoms with Crippen molar-refractivity contribution in [2.24, 2.45) is 0 Å². The van der Waals surface area contributed by atoms with Gasteiger partial charge >= 0.3 is 0 Å². The summed E-state index contributed by atoms with van der Waals surface area (Å²) in [4.78, 5) is 2.19. The molecule has 0 aliphatic rings. The Labute approximate surface area is 92.9 Å². The highest BCUT2D eigenvalue weighted by Gasteiger charge is 2.20. The summed E-state index contributed by atoms with van der Waals surface area (Å²) in [7, 11) is 4.17. The van der Waals surface area contributed by atoms with Crippen LogP contribution in [0.15, 0.2) is 30.3 Å². The second-order valence-electron chi connectivity index (χ2n) is 3.99. The molecule has 2 heteroatoms. The average molecular weight is 207 g/mol. The van der Waals surface area contributed by atoms with Crippen LogP contribution < -0.4 is 0 Å². The van der Waals surface area contributed by atoms with Crippen LogP contribution in [0.5, 0.6) is 0 Å². The fourth-order valence-corrected chi connectivity index (χ4v) is 1.61. The SMILES string of the molecule is CCOC(c1ccccc1)C(C)N(C)C. The molecule has 0 spiro atoms. The molecule has 0 saturated carbocycles. The Balaban J connectivity index is 2.83. The Hall–Kier alpha value is -0.860. The Kier molecular flexibility index (Phi) is 4.79. The Morgan fingerprint density at radius 2 is 1.80 bits per heavy atom. The summed E-state index contributed by atoms with van der Waals surface area (Å²) in [5.41, 5.74) is 1.25. The third-order valence-electron chi connectivity index (χ3n) is 2.73. The van der Waals surface area contributed by atoms with Gasteiger partial charge in [-0.1, -0.05) is 30.3 Å². The minimum Gasteiger partial charge on any atom is -0.372 e. The van der Waals surface area contributed by atoms with E-state index in [1.807, 2.05) is 13.0 Å². The van der Waals surface area contributed by atoms with E-state index in [-0.39, 0.29) is 6.10 Å². The first-order chi connectivity index (χ1) is 7.16. The van der Waals surface area contributed by atoms with Crippen molar-refractivity contribution in [3.63, 3.8) is 0 Å². The molecule has 0 aromatic heterocycles. The summed E-state index contributed by atoms with van der Waals surface area (Å²) < 4.78 is 5.81. The molecule has 0 bridgehead atoms. The Bertz CT molecular complexity index is 271. The van der Waals surface area contributed by atoms with Crippen LogP contribution in [0.25, 0.3) is 0 Å². The summed E-state index contributed by atoms with van der Waals surface area (Å²) in [6.07, 6.45) is 0.159. The second kappa shape index (κ2) is 5.89. The highest BCUT2D eigenvalue weighted by molar-refractivity contribution is 5.19. The number of nitrogens with zero attached hydrogens (tertiary/aromatic N) is 1. The molecule has 0 saturated heterocycles. The van der Waals surface area contributed by atoms with Gasteiger partial charge in [-0.15, -0.1) is 0 Å². The number of ether oxygens (including phenoxy) is 1. The predicted octanol–water partition coefficient (Wildman–Crippen LogP) is 2.71. The van der Waals surface area contributed by atoms with E-state index in [2.05, 4.69) is 50.2 Å². The topological polar surface area (TPSA) is 12.5 Å². The lowest BCUT2D eigenvalue weighted by atomic mass is 10.0. The normalized spacial score (nSPS) is 15.3. The first kappa shape index (κ1) is 12.2. The van der Waals surface area contributed by atoms with Gasteiger partial charge in [0.2, 0.25) is 0 Å². The molecule has 1 aromatic rings. The monoisotopic (exact) mass is 207 g/mol. The van der Waals surface area contributed by atoms with E-state index in [1.165, 1.54) is 5.56 Å². The Morgan fingerprint density at radius 3 is 2.27 bits per heavy atom. The van der Waals surface area contributed by atoms with E-state index in [0.29, 0.717) is 6.04 Å². The number of hydrogen-bond acceptors (Lipinski definition) is 2.